The smallest absolute Gasteiger partial charge is 0.325 e. The summed E-state index contributed by atoms with van der Waals surface area (Å²) in [5.74, 6) is -1.20. The van der Waals surface area contributed by atoms with Gasteiger partial charge in [-0.05, 0) is 29.5 Å². The first-order valence-electron chi connectivity index (χ1n) is 9.34. The zero-order chi connectivity index (χ0) is 20.4. The SMILES string of the molecule is O=C(CN1C(=O)N[C@]2(CCc3ccccc32)C1=O)NC(=O)NCc1ccccc1. The number of hydrogen-bond acceptors (Lipinski definition) is 4. The molecule has 1 atom stereocenters. The lowest BCUT2D eigenvalue weighted by molar-refractivity contribution is -0.135. The molecule has 1 heterocycles. The van der Waals surface area contributed by atoms with Crippen LogP contribution in [0.2, 0.25) is 0 Å². The minimum absolute atomic E-state index is 0.253. The summed E-state index contributed by atoms with van der Waals surface area (Å²) in [7, 11) is 0. The number of aryl methyl sites for hydroxylation is 1. The molecule has 1 aliphatic carbocycles. The van der Waals surface area contributed by atoms with Gasteiger partial charge in [0.15, 0.2) is 0 Å². The molecule has 0 saturated carbocycles. The minimum Gasteiger partial charge on any atom is -0.334 e. The van der Waals surface area contributed by atoms with E-state index in [-0.39, 0.29) is 6.54 Å². The quantitative estimate of drug-likeness (QED) is 0.684. The Morgan fingerprint density at radius 3 is 2.55 bits per heavy atom. The molecule has 2 aliphatic rings. The summed E-state index contributed by atoms with van der Waals surface area (Å²) < 4.78 is 0. The summed E-state index contributed by atoms with van der Waals surface area (Å²) >= 11 is 0. The van der Waals surface area contributed by atoms with Crippen LogP contribution in [0.25, 0.3) is 0 Å². The molecule has 1 aliphatic heterocycles. The Balaban J connectivity index is 1.37. The van der Waals surface area contributed by atoms with Gasteiger partial charge in [-0.15, -0.1) is 0 Å². The Hall–Kier alpha value is -3.68. The molecule has 0 bridgehead atoms. The highest BCUT2D eigenvalue weighted by molar-refractivity contribution is 6.10. The van der Waals surface area contributed by atoms with Gasteiger partial charge in [0.25, 0.3) is 5.91 Å². The number of amides is 6. The fourth-order valence-corrected chi connectivity index (χ4v) is 3.87. The maximum absolute atomic E-state index is 13.0. The molecule has 29 heavy (non-hydrogen) atoms. The summed E-state index contributed by atoms with van der Waals surface area (Å²) in [6, 6.07) is 15.4. The molecule has 8 nitrogen and oxygen atoms in total. The molecular weight excluding hydrogens is 372 g/mol. The maximum Gasteiger partial charge on any atom is 0.325 e. The van der Waals surface area contributed by atoms with Crippen LogP contribution in [0.3, 0.4) is 0 Å². The third-order valence-electron chi connectivity index (χ3n) is 5.27. The Labute approximate surface area is 167 Å². The van der Waals surface area contributed by atoms with Gasteiger partial charge < -0.3 is 10.6 Å². The van der Waals surface area contributed by atoms with Crippen molar-refractivity contribution >= 4 is 23.9 Å². The van der Waals surface area contributed by atoms with Crippen molar-refractivity contribution in [3.63, 3.8) is 0 Å². The molecule has 1 saturated heterocycles. The molecule has 148 valence electrons. The number of imide groups is 2. The van der Waals surface area contributed by atoms with Crippen LogP contribution in [-0.2, 0) is 28.1 Å². The molecule has 1 spiro atoms. The second kappa shape index (κ2) is 7.38. The van der Waals surface area contributed by atoms with Crippen LogP contribution in [0.5, 0.6) is 0 Å². The van der Waals surface area contributed by atoms with E-state index >= 15 is 0 Å². The lowest BCUT2D eigenvalue weighted by Gasteiger charge is -2.22. The van der Waals surface area contributed by atoms with Gasteiger partial charge in [-0.2, -0.15) is 0 Å². The number of nitrogens with one attached hydrogen (secondary N) is 3. The second-order valence-electron chi connectivity index (χ2n) is 7.10. The van der Waals surface area contributed by atoms with Gasteiger partial charge in [-0.1, -0.05) is 54.6 Å². The predicted molar refractivity (Wildman–Crippen MR) is 104 cm³/mol. The fourth-order valence-electron chi connectivity index (χ4n) is 3.87. The standard InChI is InChI=1S/C21H20N4O4/c26-17(23-19(28)22-12-14-6-2-1-3-7-14)13-25-18(27)21(24-20(25)29)11-10-15-8-4-5-9-16(15)21/h1-9H,10-13H2,(H,24,29)(H2,22,23,26,28)/t21-/m0/s1. The molecule has 3 N–H and O–H groups in total. The van der Waals surface area contributed by atoms with Gasteiger partial charge in [0.1, 0.15) is 12.1 Å². The minimum atomic E-state index is -1.12. The zero-order valence-corrected chi connectivity index (χ0v) is 15.6. The van der Waals surface area contributed by atoms with E-state index in [9.17, 15) is 19.2 Å². The Bertz CT molecular complexity index is 991. The van der Waals surface area contributed by atoms with E-state index in [1.807, 2.05) is 54.6 Å². The van der Waals surface area contributed by atoms with Gasteiger partial charge >= 0.3 is 12.1 Å². The highest BCUT2D eigenvalue weighted by Gasteiger charge is 2.55. The van der Waals surface area contributed by atoms with E-state index in [1.165, 1.54) is 0 Å². The summed E-state index contributed by atoms with van der Waals surface area (Å²) in [4.78, 5) is 50.4. The van der Waals surface area contributed by atoms with E-state index in [2.05, 4.69) is 16.0 Å². The van der Waals surface area contributed by atoms with Gasteiger partial charge in [-0.3, -0.25) is 19.8 Å². The van der Waals surface area contributed by atoms with E-state index in [0.29, 0.717) is 12.8 Å². The van der Waals surface area contributed by atoms with E-state index in [0.717, 1.165) is 21.6 Å². The normalized spacial score (nSPS) is 19.8. The van der Waals surface area contributed by atoms with Gasteiger partial charge in [0.05, 0.1) is 0 Å². The van der Waals surface area contributed by atoms with Crippen molar-refractivity contribution in [3.05, 3.63) is 71.3 Å². The number of fused-ring (bicyclic) bond motifs is 2. The number of hydrogen-bond donors (Lipinski definition) is 3. The number of carbonyl (C=O) groups is 4. The van der Waals surface area contributed by atoms with Crippen molar-refractivity contribution in [2.75, 3.05) is 6.54 Å². The molecular formula is C21H20N4O4. The lowest BCUT2D eigenvalue weighted by atomic mass is 9.92. The van der Waals surface area contributed by atoms with Gasteiger partial charge in [-0.25, -0.2) is 9.59 Å². The highest BCUT2D eigenvalue weighted by atomic mass is 16.2. The van der Waals surface area contributed by atoms with Crippen LogP contribution in [0.4, 0.5) is 9.59 Å². The lowest BCUT2D eigenvalue weighted by Crippen LogP contribution is -2.47. The first-order chi connectivity index (χ1) is 14.0. The van der Waals surface area contributed by atoms with Crippen molar-refractivity contribution in [1.29, 1.82) is 0 Å². The van der Waals surface area contributed by atoms with Crippen LogP contribution in [0.15, 0.2) is 54.6 Å². The third-order valence-corrected chi connectivity index (χ3v) is 5.27. The van der Waals surface area contributed by atoms with Crippen LogP contribution < -0.4 is 16.0 Å². The fraction of sp³-hybridized carbons (Fsp3) is 0.238. The Kier molecular flexibility index (Phi) is 4.75. The molecule has 2 aromatic rings. The van der Waals surface area contributed by atoms with Crippen LogP contribution >= 0.6 is 0 Å². The molecule has 0 aromatic heterocycles. The number of urea groups is 2. The first kappa shape index (κ1) is 18.7. The van der Waals surface area contributed by atoms with E-state index in [4.69, 9.17) is 0 Å². The molecule has 4 rings (SSSR count). The van der Waals surface area contributed by atoms with Crippen molar-refractivity contribution in [3.8, 4) is 0 Å². The van der Waals surface area contributed by atoms with Gasteiger partial charge in [0, 0.05) is 6.54 Å². The summed E-state index contributed by atoms with van der Waals surface area (Å²) in [6.45, 7) is -0.268. The highest BCUT2D eigenvalue weighted by Crippen LogP contribution is 2.41. The monoisotopic (exact) mass is 392 g/mol. The molecule has 0 radical (unpaired) electrons. The van der Waals surface area contributed by atoms with Gasteiger partial charge in [0.2, 0.25) is 5.91 Å². The van der Waals surface area contributed by atoms with Crippen molar-refractivity contribution in [2.45, 2.75) is 24.9 Å². The number of nitrogens with zero attached hydrogens (tertiary/aromatic N) is 1. The molecule has 0 unspecified atom stereocenters. The molecule has 6 amide bonds. The Morgan fingerprint density at radius 1 is 1.03 bits per heavy atom. The summed E-state index contributed by atoms with van der Waals surface area (Å²) in [6.07, 6.45) is 1.12. The summed E-state index contributed by atoms with van der Waals surface area (Å²) in [5, 5.41) is 7.46. The zero-order valence-electron chi connectivity index (χ0n) is 15.6. The third kappa shape index (κ3) is 3.44. The largest absolute Gasteiger partial charge is 0.334 e. The number of benzene rings is 2. The second-order valence-corrected chi connectivity index (χ2v) is 7.10. The molecule has 8 heteroatoms. The van der Waals surface area contributed by atoms with Crippen LogP contribution in [0, 0.1) is 0 Å². The van der Waals surface area contributed by atoms with Crippen LogP contribution in [-0.4, -0.2) is 35.3 Å². The van der Waals surface area contributed by atoms with Crippen LogP contribution in [0.1, 0.15) is 23.1 Å². The van der Waals surface area contributed by atoms with E-state index < -0.39 is 36.0 Å². The molecule has 1 fully saturated rings. The van der Waals surface area contributed by atoms with Crippen molar-refractivity contribution in [1.82, 2.24) is 20.9 Å². The maximum atomic E-state index is 13.0. The van der Waals surface area contributed by atoms with Crippen molar-refractivity contribution < 1.29 is 19.2 Å². The predicted octanol–water partition coefficient (Wildman–Crippen LogP) is 1.41. The average molecular weight is 392 g/mol. The summed E-state index contributed by atoms with van der Waals surface area (Å²) in [5.41, 5.74) is 1.53. The average Bonchev–Trinajstić information content (AvgIpc) is 3.21. The molecule has 2 aromatic carbocycles. The van der Waals surface area contributed by atoms with E-state index in [1.54, 1.807) is 0 Å². The number of carbonyl (C=O) groups excluding carboxylic acids is 4. The number of rotatable bonds is 4. The Morgan fingerprint density at radius 2 is 1.76 bits per heavy atom. The van der Waals surface area contributed by atoms with Crippen molar-refractivity contribution in [2.24, 2.45) is 0 Å². The topological polar surface area (TPSA) is 108 Å². The first-order valence-corrected chi connectivity index (χ1v) is 9.34.